The number of rotatable bonds is 25. The molecule has 4 aromatic rings. The highest BCUT2D eigenvalue weighted by Gasteiger charge is 2.36. The predicted octanol–water partition coefficient (Wildman–Crippen LogP) is 4.27. The van der Waals surface area contributed by atoms with Crippen LogP contribution < -0.4 is 16.4 Å². The second-order valence-corrected chi connectivity index (χ2v) is 13.8. The Hall–Kier alpha value is -5.01. The summed E-state index contributed by atoms with van der Waals surface area (Å²) in [5, 5.41) is 29.6. The summed E-state index contributed by atoms with van der Waals surface area (Å²) in [5.41, 5.74) is 10.4. The lowest BCUT2D eigenvalue weighted by Gasteiger charge is -2.29. The number of Topliss-reactive ketones (excluding diaryl/α,β-unsaturated/α-hetero) is 1. The topological polar surface area (TPSA) is 230 Å². The van der Waals surface area contributed by atoms with Gasteiger partial charge in [0.1, 0.15) is 0 Å². The molecule has 1 amide bonds. The first-order valence-electron chi connectivity index (χ1n) is 18.4. The average molecular weight is 767 g/mol. The maximum atomic E-state index is 12.9. The van der Waals surface area contributed by atoms with Crippen LogP contribution in [0.3, 0.4) is 0 Å². The number of carbonyl (C=O) groups excluding carboxylic acids is 2. The summed E-state index contributed by atoms with van der Waals surface area (Å²) in [6.45, 7) is 11.7. The van der Waals surface area contributed by atoms with Crippen molar-refractivity contribution in [1.82, 2.24) is 20.1 Å². The Morgan fingerprint density at radius 1 is 0.855 bits per heavy atom. The Bertz CT molecular complexity index is 1910. The maximum absolute atomic E-state index is 12.9. The van der Waals surface area contributed by atoms with Crippen molar-refractivity contribution in [2.24, 2.45) is 11.1 Å². The van der Waals surface area contributed by atoms with Gasteiger partial charge in [-0.25, -0.2) is 9.31 Å². The minimum atomic E-state index is -0.533. The molecule has 55 heavy (non-hydrogen) atoms. The molecule has 0 fully saturated rings. The molecule has 1 aliphatic carbocycles. The monoisotopic (exact) mass is 766 g/mol. The van der Waals surface area contributed by atoms with Gasteiger partial charge in [-0.15, -0.1) is 0 Å². The first-order chi connectivity index (χ1) is 26.6. The SMILES string of the molecule is Cc1nn(-c2ccc(C(N)=O)c(NCCCOCCOCCOCCOCCOCCCNc3ccc([N+](=O)[O-])c4nonc34)c2)c2c1C(=O)CC(C)(C)C2. The van der Waals surface area contributed by atoms with Crippen molar-refractivity contribution >= 4 is 39.8 Å². The van der Waals surface area contributed by atoms with E-state index in [4.69, 9.17) is 29.4 Å². The third-order valence-electron chi connectivity index (χ3n) is 8.87. The molecule has 2 heterocycles. The summed E-state index contributed by atoms with van der Waals surface area (Å²) in [5.74, 6) is -0.422. The van der Waals surface area contributed by atoms with Crippen molar-refractivity contribution in [1.29, 1.82) is 0 Å². The lowest BCUT2D eigenvalue weighted by molar-refractivity contribution is -0.383. The number of aromatic nitrogens is 4. The number of amides is 1. The van der Waals surface area contributed by atoms with Crippen LogP contribution in [0.1, 0.15) is 65.2 Å². The molecule has 18 heteroatoms. The molecule has 0 aliphatic heterocycles. The fourth-order valence-corrected chi connectivity index (χ4v) is 6.30. The van der Waals surface area contributed by atoms with E-state index in [-0.39, 0.29) is 22.4 Å². The molecule has 18 nitrogen and oxygen atoms in total. The van der Waals surface area contributed by atoms with Gasteiger partial charge in [-0.2, -0.15) is 5.10 Å². The number of ether oxygens (including phenoxy) is 5. The van der Waals surface area contributed by atoms with Crippen LogP contribution in [0.4, 0.5) is 17.1 Å². The van der Waals surface area contributed by atoms with E-state index in [1.54, 1.807) is 18.2 Å². The molecule has 4 N–H and O–H groups in total. The molecular weight excluding hydrogens is 716 g/mol. The molecule has 298 valence electrons. The second-order valence-electron chi connectivity index (χ2n) is 13.8. The van der Waals surface area contributed by atoms with Gasteiger partial charge in [-0.05, 0) is 66.2 Å². The van der Waals surface area contributed by atoms with Gasteiger partial charge < -0.3 is 40.1 Å². The molecule has 2 aromatic heterocycles. The number of nitrogens with two attached hydrogens (primary N) is 1. The molecule has 0 spiro atoms. The van der Waals surface area contributed by atoms with Crippen molar-refractivity contribution in [2.75, 3.05) is 89.8 Å². The summed E-state index contributed by atoms with van der Waals surface area (Å²) >= 11 is 0. The van der Waals surface area contributed by atoms with Crippen LogP contribution in [-0.4, -0.2) is 116 Å². The lowest BCUT2D eigenvalue weighted by Crippen LogP contribution is -2.28. The van der Waals surface area contributed by atoms with E-state index in [1.165, 1.54) is 6.07 Å². The maximum Gasteiger partial charge on any atom is 0.300 e. The van der Waals surface area contributed by atoms with Crippen LogP contribution in [0.15, 0.2) is 35.0 Å². The Kier molecular flexibility index (Phi) is 15.0. The van der Waals surface area contributed by atoms with Crippen LogP contribution in [0.2, 0.25) is 0 Å². The average Bonchev–Trinajstić information content (AvgIpc) is 3.76. The number of non-ortho nitro benzene ring substituents is 1. The largest absolute Gasteiger partial charge is 0.384 e. The third-order valence-corrected chi connectivity index (χ3v) is 8.87. The minimum absolute atomic E-state index is 0.108. The Balaban J connectivity index is 0.849. The minimum Gasteiger partial charge on any atom is -0.384 e. The summed E-state index contributed by atoms with van der Waals surface area (Å²) in [6, 6.07) is 8.29. The highest BCUT2D eigenvalue weighted by Crippen LogP contribution is 2.37. The van der Waals surface area contributed by atoms with Gasteiger partial charge in [0, 0.05) is 44.5 Å². The number of benzene rings is 2. The number of fused-ring (bicyclic) bond motifs is 2. The van der Waals surface area contributed by atoms with Gasteiger partial charge >= 0.3 is 5.69 Å². The number of nitro benzene ring substituents is 1. The molecule has 2 aromatic carbocycles. The van der Waals surface area contributed by atoms with Crippen LogP contribution in [-0.2, 0) is 30.1 Å². The van der Waals surface area contributed by atoms with E-state index in [0.29, 0.717) is 132 Å². The van der Waals surface area contributed by atoms with E-state index < -0.39 is 10.8 Å². The van der Waals surface area contributed by atoms with E-state index in [0.717, 1.165) is 17.8 Å². The van der Waals surface area contributed by atoms with Gasteiger partial charge in [0.15, 0.2) is 11.3 Å². The quantitative estimate of drug-likeness (QED) is 0.0486. The first-order valence-corrected chi connectivity index (χ1v) is 18.4. The van der Waals surface area contributed by atoms with Gasteiger partial charge in [0.05, 0.1) is 91.7 Å². The zero-order valence-electron chi connectivity index (χ0n) is 31.6. The predicted molar refractivity (Wildman–Crippen MR) is 202 cm³/mol. The van der Waals surface area contributed by atoms with E-state index in [2.05, 4.69) is 44.5 Å². The highest BCUT2D eigenvalue weighted by atomic mass is 16.6. The van der Waals surface area contributed by atoms with E-state index in [9.17, 15) is 19.7 Å². The fourth-order valence-electron chi connectivity index (χ4n) is 6.30. The highest BCUT2D eigenvalue weighted by molar-refractivity contribution is 6.00. The first kappa shape index (κ1) is 41.2. The van der Waals surface area contributed by atoms with Crippen LogP contribution in [0.5, 0.6) is 0 Å². The molecular formula is C37H50N8O10. The molecule has 1 aliphatic rings. The summed E-state index contributed by atoms with van der Waals surface area (Å²) in [4.78, 5) is 35.6. The number of nitrogens with one attached hydrogen (secondary N) is 2. The summed E-state index contributed by atoms with van der Waals surface area (Å²) < 4.78 is 34.4. The molecule has 0 bridgehead atoms. The fraction of sp³-hybridized carbons (Fsp3) is 0.541. The second kappa shape index (κ2) is 20.1. The van der Waals surface area contributed by atoms with Gasteiger partial charge in [-0.1, -0.05) is 13.8 Å². The number of ketones is 1. The number of carbonyl (C=O) groups is 2. The normalized spacial score (nSPS) is 13.6. The third kappa shape index (κ3) is 11.5. The smallest absolute Gasteiger partial charge is 0.300 e. The number of anilines is 2. The van der Waals surface area contributed by atoms with Crippen molar-refractivity contribution in [3.05, 3.63) is 63.0 Å². The number of primary amides is 1. The molecule has 0 saturated carbocycles. The van der Waals surface area contributed by atoms with Crippen molar-refractivity contribution < 1.29 is 42.8 Å². The molecule has 0 saturated heterocycles. The van der Waals surface area contributed by atoms with Gasteiger partial charge in [0.2, 0.25) is 5.52 Å². The van der Waals surface area contributed by atoms with E-state index in [1.807, 2.05) is 17.7 Å². The summed E-state index contributed by atoms with van der Waals surface area (Å²) in [7, 11) is 0. The van der Waals surface area contributed by atoms with Gasteiger partial charge in [-0.3, -0.25) is 19.7 Å². The Morgan fingerprint density at radius 2 is 1.42 bits per heavy atom. The zero-order valence-corrected chi connectivity index (χ0v) is 31.6. The van der Waals surface area contributed by atoms with Crippen molar-refractivity contribution in [2.45, 2.75) is 46.5 Å². The number of hydrogen-bond donors (Lipinski definition) is 3. The number of aryl methyl sites for hydroxylation is 1. The zero-order chi connectivity index (χ0) is 39.2. The molecule has 0 radical (unpaired) electrons. The van der Waals surface area contributed by atoms with Crippen LogP contribution >= 0.6 is 0 Å². The number of nitrogens with zero attached hydrogens (tertiary/aromatic N) is 5. The molecule has 0 atom stereocenters. The molecule has 0 unspecified atom stereocenters. The molecule has 5 rings (SSSR count). The lowest BCUT2D eigenvalue weighted by atomic mass is 9.75. The van der Waals surface area contributed by atoms with Crippen LogP contribution in [0.25, 0.3) is 16.7 Å². The Labute approximate surface area is 318 Å². The number of nitro groups is 1. The van der Waals surface area contributed by atoms with Crippen LogP contribution in [0, 0.1) is 22.5 Å². The standard InChI is InChI=1S/C37H50N8O10/c1-25-33-31(23-37(2,3)24-32(33)46)44(41-25)26-6-7-27(36(38)47)29(22-26)40-11-5-13-51-15-17-53-19-21-54-20-18-52-16-14-50-12-4-10-39-28-8-9-30(45(48)49)35-34(28)42-55-43-35/h6-9,22,39-40H,4-5,10-21,23-24H2,1-3H3,(H2,38,47). The van der Waals surface area contributed by atoms with E-state index >= 15 is 0 Å². The van der Waals surface area contributed by atoms with Gasteiger partial charge in [0.25, 0.3) is 5.91 Å². The summed E-state index contributed by atoms with van der Waals surface area (Å²) in [6.07, 6.45) is 2.63. The van der Waals surface area contributed by atoms with Crippen molar-refractivity contribution in [3.8, 4) is 5.69 Å². The Morgan fingerprint density at radius 3 is 2.00 bits per heavy atom. The number of hydrogen-bond acceptors (Lipinski definition) is 15. The van der Waals surface area contributed by atoms with Crippen molar-refractivity contribution in [3.63, 3.8) is 0 Å².